The van der Waals surface area contributed by atoms with Crippen molar-refractivity contribution < 1.29 is 19.1 Å². The van der Waals surface area contributed by atoms with Crippen LogP contribution < -0.4 is 21.3 Å². The first-order valence-corrected chi connectivity index (χ1v) is 14.3. The van der Waals surface area contributed by atoms with E-state index in [9.17, 15) is 14.4 Å². The third-order valence-electron chi connectivity index (χ3n) is 7.64. The molecule has 1 aromatic carbocycles. The van der Waals surface area contributed by atoms with Crippen molar-refractivity contribution in [3.8, 4) is 5.75 Å². The topological polar surface area (TPSA) is 113 Å². The van der Waals surface area contributed by atoms with Gasteiger partial charge in [0.2, 0.25) is 0 Å². The zero-order chi connectivity index (χ0) is 28.6. The number of aromatic nitrogens is 1. The Morgan fingerprint density at radius 3 is 2.40 bits per heavy atom. The van der Waals surface area contributed by atoms with Gasteiger partial charge in [0.25, 0.3) is 5.56 Å². The Kier molecular flexibility index (Phi) is 9.98. The van der Waals surface area contributed by atoms with Crippen molar-refractivity contribution in [3.05, 3.63) is 75.6 Å². The van der Waals surface area contributed by atoms with Gasteiger partial charge in [0.15, 0.2) is 5.78 Å². The van der Waals surface area contributed by atoms with Crippen molar-refractivity contribution >= 4 is 23.3 Å². The molecule has 0 bridgehead atoms. The van der Waals surface area contributed by atoms with Crippen LogP contribution >= 0.6 is 0 Å². The van der Waals surface area contributed by atoms with Crippen LogP contribution in [0.15, 0.2) is 58.9 Å². The van der Waals surface area contributed by atoms with Crippen LogP contribution in [0.1, 0.15) is 81.1 Å². The van der Waals surface area contributed by atoms with Gasteiger partial charge < -0.3 is 20.5 Å². The van der Waals surface area contributed by atoms with E-state index in [0.717, 1.165) is 50.6 Å². The van der Waals surface area contributed by atoms with Gasteiger partial charge in [-0.2, -0.15) is 0 Å². The number of hydrogen-bond donors (Lipinski definition) is 2. The van der Waals surface area contributed by atoms with Crippen LogP contribution in [0.25, 0.3) is 5.70 Å². The van der Waals surface area contributed by atoms with E-state index >= 15 is 0 Å². The van der Waals surface area contributed by atoms with E-state index in [1.54, 1.807) is 31.4 Å². The lowest BCUT2D eigenvalue weighted by molar-refractivity contribution is -0.151. The Hall–Kier alpha value is -3.65. The highest BCUT2D eigenvalue weighted by molar-refractivity contribution is 6.11. The van der Waals surface area contributed by atoms with Crippen LogP contribution in [0.3, 0.4) is 0 Å². The van der Waals surface area contributed by atoms with Gasteiger partial charge in [0.05, 0.1) is 12.7 Å². The van der Waals surface area contributed by atoms with E-state index in [4.69, 9.17) is 15.2 Å². The summed E-state index contributed by atoms with van der Waals surface area (Å²) in [6, 6.07) is 9.36. The maximum atomic E-state index is 13.1. The lowest BCUT2D eigenvalue weighted by Gasteiger charge is -2.23. The van der Waals surface area contributed by atoms with Crippen LogP contribution in [0.2, 0.25) is 0 Å². The molecule has 3 N–H and O–H groups in total. The number of rotatable bonds is 12. The Morgan fingerprint density at radius 1 is 1.05 bits per heavy atom. The van der Waals surface area contributed by atoms with Crippen molar-refractivity contribution in [2.75, 3.05) is 19.4 Å². The molecular formula is C32H41N3O5. The number of allylic oxidation sites excluding steroid dienone is 3. The van der Waals surface area contributed by atoms with Crippen LogP contribution in [0.4, 0.5) is 5.82 Å². The molecule has 1 aromatic heterocycles. The number of carbonyl (C=O) groups is 2. The van der Waals surface area contributed by atoms with Gasteiger partial charge in [0.1, 0.15) is 23.7 Å². The summed E-state index contributed by atoms with van der Waals surface area (Å²) >= 11 is 0. The third kappa shape index (κ3) is 7.30. The number of nitrogens with one attached hydrogen (secondary N) is 1. The fraction of sp³-hybridized carbons (Fsp3) is 0.469. The van der Waals surface area contributed by atoms with E-state index < -0.39 is 0 Å². The number of hydrogen-bond acceptors (Lipinski definition) is 7. The molecule has 8 nitrogen and oxygen atoms in total. The van der Waals surface area contributed by atoms with Crippen LogP contribution in [0.5, 0.6) is 5.75 Å². The molecule has 1 saturated carbocycles. The maximum Gasteiger partial charge on any atom is 0.323 e. The van der Waals surface area contributed by atoms with Crippen molar-refractivity contribution in [2.45, 2.75) is 77.4 Å². The molecule has 4 rings (SSSR count). The monoisotopic (exact) mass is 547 g/mol. The number of benzene rings is 1. The second-order valence-corrected chi connectivity index (χ2v) is 11.1. The Morgan fingerprint density at radius 2 is 1.77 bits per heavy atom. The molecule has 0 aliphatic heterocycles. The molecule has 214 valence electrons. The summed E-state index contributed by atoms with van der Waals surface area (Å²) in [4.78, 5) is 38.7. The number of nitrogen functional groups attached to an aromatic ring is 1. The Labute approximate surface area is 236 Å². The molecule has 2 aliphatic rings. The zero-order valence-corrected chi connectivity index (χ0v) is 23.8. The first kappa shape index (κ1) is 29.3. The average Bonchev–Trinajstić information content (AvgIpc) is 3.46. The minimum Gasteiger partial charge on any atom is -0.497 e. The SMILES string of the molecule is COc1ccc(C(=O)c2ccc(=O)n(C3=CC=C(CCN[C@@H](CC(C)C)C(=O)OC4CCCC4)CC3)c2N)cc1. The predicted octanol–water partition coefficient (Wildman–Crippen LogP) is 5.11. The van der Waals surface area contributed by atoms with E-state index in [2.05, 4.69) is 19.2 Å². The number of nitrogens with zero attached hydrogens (tertiary/aromatic N) is 1. The van der Waals surface area contributed by atoms with Crippen molar-refractivity contribution in [3.63, 3.8) is 0 Å². The van der Waals surface area contributed by atoms with Gasteiger partial charge in [-0.25, -0.2) is 0 Å². The lowest BCUT2D eigenvalue weighted by atomic mass is 9.98. The summed E-state index contributed by atoms with van der Waals surface area (Å²) in [5, 5.41) is 3.42. The molecule has 1 heterocycles. The summed E-state index contributed by atoms with van der Waals surface area (Å²) in [5.74, 6) is 0.771. The maximum absolute atomic E-state index is 13.1. The molecule has 1 atom stereocenters. The number of carbonyl (C=O) groups excluding carboxylic acids is 2. The minimum absolute atomic E-state index is 0.0643. The second kappa shape index (κ2) is 13.6. The molecule has 1 fully saturated rings. The highest BCUT2D eigenvalue weighted by Gasteiger charge is 2.26. The van der Waals surface area contributed by atoms with Gasteiger partial charge in [-0.3, -0.25) is 19.0 Å². The molecule has 0 unspecified atom stereocenters. The smallest absolute Gasteiger partial charge is 0.323 e. The highest BCUT2D eigenvalue weighted by Crippen LogP contribution is 2.27. The molecule has 2 aromatic rings. The first-order valence-electron chi connectivity index (χ1n) is 14.3. The Balaban J connectivity index is 1.41. The summed E-state index contributed by atoms with van der Waals surface area (Å²) in [5.41, 5.74) is 8.84. The summed E-state index contributed by atoms with van der Waals surface area (Å²) in [6.07, 6.45) is 11.1. The number of ether oxygens (including phenoxy) is 2. The molecule has 40 heavy (non-hydrogen) atoms. The van der Waals surface area contributed by atoms with Gasteiger partial charge >= 0.3 is 5.97 Å². The quantitative estimate of drug-likeness (QED) is 0.280. The molecule has 0 radical (unpaired) electrons. The fourth-order valence-corrected chi connectivity index (χ4v) is 5.40. The Bertz CT molecular complexity index is 1320. The lowest BCUT2D eigenvalue weighted by Crippen LogP contribution is -2.41. The van der Waals surface area contributed by atoms with Crippen molar-refractivity contribution in [2.24, 2.45) is 5.92 Å². The minimum atomic E-state index is -0.305. The van der Waals surface area contributed by atoms with Gasteiger partial charge in [-0.05, 0) is 100 Å². The van der Waals surface area contributed by atoms with Crippen LogP contribution in [-0.2, 0) is 9.53 Å². The van der Waals surface area contributed by atoms with Crippen LogP contribution in [-0.4, -0.2) is 42.1 Å². The predicted molar refractivity (Wildman–Crippen MR) is 157 cm³/mol. The number of esters is 1. The van der Waals surface area contributed by atoms with Gasteiger partial charge in [-0.1, -0.05) is 25.5 Å². The second-order valence-electron chi connectivity index (χ2n) is 11.1. The van der Waals surface area contributed by atoms with Crippen molar-refractivity contribution in [1.82, 2.24) is 9.88 Å². The highest BCUT2D eigenvalue weighted by atomic mass is 16.5. The van der Waals surface area contributed by atoms with Gasteiger partial charge in [0, 0.05) is 17.3 Å². The van der Waals surface area contributed by atoms with Gasteiger partial charge in [-0.15, -0.1) is 0 Å². The summed E-state index contributed by atoms with van der Waals surface area (Å²) < 4.78 is 12.4. The summed E-state index contributed by atoms with van der Waals surface area (Å²) in [6.45, 7) is 4.89. The van der Waals surface area contributed by atoms with E-state index in [1.165, 1.54) is 22.3 Å². The molecular weight excluding hydrogens is 506 g/mol. The molecule has 0 amide bonds. The van der Waals surface area contributed by atoms with Crippen LogP contribution in [0, 0.1) is 5.92 Å². The first-order chi connectivity index (χ1) is 19.3. The zero-order valence-electron chi connectivity index (χ0n) is 23.8. The molecule has 2 aliphatic carbocycles. The van der Waals surface area contributed by atoms with E-state index in [-0.39, 0.29) is 40.8 Å². The normalized spacial score (nSPS) is 16.4. The molecule has 0 saturated heterocycles. The number of ketones is 1. The third-order valence-corrected chi connectivity index (χ3v) is 7.64. The summed E-state index contributed by atoms with van der Waals surface area (Å²) in [7, 11) is 1.57. The molecule has 0 spiro atoms. The standard InChI is InChI=1S/C32H41N3O5/c1-21(2)20-28(32(38)40-26-6-4-5-7-26)34-19-18-22-8-12-24(13-9-22)35-29(36)17-16-27(31(35)33)30(37)23-10-14-25(39-3)15-11-23/h8,10-12,14-17,21,26,28,34H,4-7,9,13,18-20,33H2,1-3H3/t28-/m0/s1. The van der Waals surface area contributed by atoms with E-state index in [0.29, 0.717) is 30.2 Å². The molecule has 8 heteroatoms. The fourth-order valence-electron chi connectivity index (χ4n) is 5.40. The van der Waals surface area contributed by atoms with E-state index in [1.807, 2.05) is 12.2 Å². The average molecular weight is 548 g/mol. The largest absolute Gasteiger partial charge is 0.497 e. The number of methoxy groups -OCH3 is 1. The number of nitrogens with two attached hydrogens (primary N) is 1. The van der Waals surface area contributed by atoms with Crippen molar-refractivity contribution in [1.29, 1.82) is 0 Å². The number of anilines is 1. The number of pyridine rings is 1.